The summed E-state index contributed by atoms with van der Waals surface area (Å²) >= 11 is 0. The number of carbonyl (C=O) groups excluding carboxylic acids is 1. The van der Waals surface area contributed by atoms with Gasteiger partial charge in [0.15, 0.2) is 0 Å². The van der Waals surface area contributed by atoms with E-state index < -0.39 is 0 Å². The van der Waals surface area contributed by atoms with Gasteiger partial charge < -0.3 is 4.90 Å². The lowest BCUT2D eigenvalue weighted by Gasteiger charge is -2.25. The molecule has 1 aromatic heterocycles. The minimum absolute atomic E-state index is 0.0405. The van der Waals surface area contributed by atoms with Crippen LogP contribution in [0.25, 0.3) is 0 Å². The molecule has 0 bridgehead atoms. The highest BCUT2D eigenvalue weighted by Gasteiger charge is 2.42. The standard InChI is InChI=1S/C18H23N3O/c1-4-21-11-10-16(19-21)17(22)20-12-15(18(2,3)13-20)14-8-6-5-7-9-14/h5-11,15H,4,12-13H2,1-3H3/t15-/m0/s1. The fraction of sp³-hybridized carbons (Fsp3) is 0.444. The Kier molecular flexibility index (Phi) is 3.77. The van der Waals surface area contributed by atoms with Crippen LogP contribution in [0.1, 0.15) is 42.7 Å². The van der Waals surface area contributed by atoms with Crippen molar-refractivity contribution in [1.29, 1.82) is 0 Å². The van der Waals surface area contributed by atoms with Gasteiger partial charge in [-0.05, 0) is 24.0 Å². The molecule has 1 atom stereocenters. The molecule has 1 amide bonds. The van der Waals surface area contributed by atoms with Gasteiger partial charge in [0.1, 0.15) is 5.69 Å². The smallest absolute Gasteiger partial charge is 0.274 e. The van der Waals surface area contributed by atoms with Gasteiger partial charge in [-0.3, -0.25) is 9.48 Å². The molecule has 0 N–H and O–H groups in total. The predicted octanol–water partition coefficient (Wildman–Crippen LogP) is 3.17. The summed E-state index contributed by atoms with van der Waals surface area (Å²) in [5.74, 6) is 0.407. The molecule has 4 nitrogen and oxygen atoms in total. The van der Waals surface area contributed by atoms with Gasteiger partial charge in [-0.15, -0.1) is 0 Å². The number of benzene rings is 1. The molecule has 1 aliphatic rings. The summed E-state index contributed by atoms with van der Waals surface area (Å²) in [5.41, 5.74) is 1.93. The molecule has 2 aromatic rings. The van der Waals surface area contributed by atoms with Crippen LogP contribution in [0.2, 0.25) is 0 Å². The summed E-state index contributed by atoms with van der Waals surface area (Å²) in [6, 6.07) is 12.3. The number of carbonyl (C=O) groups is 1. The van der Waals surface area contributed by atoms with Crippen LogP contribution in [0.15, 0.2) is 42.6 Å². The normalized spacial score (nSPS) is 20.3. The van der Waals surface area contributed by atoms with Gasteiger partial charge in [0.05, 0.1) is 0 Å². The monoisotopic (exact) mass is 297 g/mol. The molecule has 4 heteroatoms. The highest BCUT2D eigenvalue weighted by atomic mass is 16.2. The van der Waals surface area contributed by atoms with Gasteiger partial charge >= 0.3 is 0 Å². The molecule has 1 aromatic carbocycles. The second kappa shape index (κ2) is 5.59. The second-order valence-electron chi connectivity index (χ2n) is 6.69. The fourth-order valence-corrected chi connectivity index (χ4v) is 3.34. The van der Waals surface area contributed by atoms with Crippen molar-refractivity contribution in [1.82, 2.24) is 14.7 Å². The van der Waals surface area contributed by atoms with E-state index in [-0.39, 0.29) is 11.3 Å². The van der Waals surface area contributed by atoms with Crippen molar-refractivity contribution < 1.29 is 4.79 Å². The maximum absolute atomic E-state index is 12.7. The van der Waals surface area contributed by atoms with Crippen molar-refractivity contribution in [2.24, 2.45) is 5.41 Å². The molecule has 0 spiro atoms. The average molecular weight is 297 g/mol. The molecule has 116 valence electrons. The first-order valence-electron chi connectivity index (χ1n) is 7.89. The zero-order valence-electron chi connectivity index (χ0n) is 13.5. The highest BCUT2D eigenvalue weighted by Crippen LogP contribution is 2.42. The van der Waals surface area contributed by atoms with Crippen LogP contribution in [0.3, 0.4) is 0 Å². The third-order valence-electron chi connectivity index (χ3n) is 4.62. The van der Waals surface area contributed by atoms with Crippen molar-refractivity contribution in [3.05, 3.63) is 53.9 Å². The number of amides is 1. The van der Waals surface area contributed by atoms with E-state index >= 15 is 0 Å². The van der Waals surface area contributed by atoms with E-state index in [0.717, 1.165) is 19.6 Å². The minimum atomic E-state index is 0.0405. The lowest BCUT2D eigenvalue weighted by atomic mass is 9.78. The summed E-state index contributed by atoms with van der Waals surface area (Å²) in [5, 5.41) is 4.34. The van der Waals surface area contributed by atoms with E-state index in [1.807, 2.05) is 30.2 Å². The quantitative estimate of drug-likeness (QED) is 0.872. The Morgan fingerprint density at radius 3 is 2.64 bits per heavy atom. The number of rotatable bonds is 3. The highest BCUT2D eigenvalue weighted by molar-refractivity contribution is 5.92. The van der Waals surface area contributed by atoms with Crippen LogP contribution >= 0.6 is 0 Å². The number of aromatic nitrogens is 2. The summed E-state index contributed by atoms with van der Waals surface area (Å²) in [6.45, 7) is 8.81. The predicted molar refractivity (Wildman–Crippen MR) is 86.8 cm³/mol. The Hall–Kier alpha value is -2.10. The first kappa shape index (κ1) is 14.8. The Labute approximate surface area is 131 Å². The topological polar surface area (TPSA) is 38.1 Å². The second-order valence-corrected chi connectivity index (χ2v) is 6.69. The minimum Gasteiger partial charge on any atom is -0.336 e. The maximum Gasteiger partial charge on any atom is 0.274 e. The third-order valence-corrected chi connectivity index (χ3v) is 4.62. The van der Waals surface area contributed by atoms with Crippen LogP contribution in [0.4, 0.5) is 0 Å². The Balaban J connectivity index is 1.81. The molecule has 0 radical (unpaired) electrons. The summed E-state index contributed by atoms with van der Waals surface area (Å²) in [6.07, 6.45) is 1.86. The zero-order valence-corrected chi connectivity index (χ0v) is 13.5. The number of hydrogen-bond donors (Lipinski definition) is 0. The Morgan fingerprint density at radius 2 is 2.00 bits per heavy atom. The number of aryl methyl sites for hydroxylation is 1. The number of nitrogens with zero attached hydrogens (tertiary/aromatic N) is 3. The van der Waals surface area contributed by atoms with Crippen LogP contribution in [0, 0.1) is 5.41 Å². The van der Waals surface area contributed by atoms with Crippen molar-refractivity contribution >= 4 is 5.91 Å². The van der Waals surface area contributed by atoms with E-state index in [1.54, 1.807) is 4.68 Å². The average Bonchev–Trinajstić information content (AvgIpc) is 3.11. The SMILES string of the molecule is CCn1ccc(C(=O)N2C[C@@H](c3ccccc3)C(C)(C)C2)n1. The van der Waals surface area contributed by atoms with Gasteiger partial charge in [0, 0.05) is 31.7 Å². The molecule has 2 heterocycles. The fourth-order valence-electron chi connectivity index (χ4n) is 3.34. The zero-order chi connectivity index (χ0) is 15.7. The first-order chi connectivity index (χ1) is 10.5. The van der Waals surface area contributed by atoms with Gasteiger partial charge in [-0.1, -0.05) is 44.2 Å². The van der Waals surface area contributed by atoms with Gasteiger partial charge in [0.25, 0.3) is 5.91 Å². The number of hydrogen-bond acceptors (Lipinski definition) is 2. The van der Waals surface area contributed by atoms with Gasteiger partial charge in [0.2, 0.25) is 0 Å². The Bertz CT molecular complexity index is 660. The molecule has 1 aliphatic heterocycles. The molecular weight excluding hydrogens is 274 g/mol. The molecule has 22 heavy (non-hydrogen) atoms. The van der Waals surface area contributed by atoms with Gasteiger partial charge in [-0.25, -0.2) is 0 Å². The van der Waals surface area contributed by atoms with Crippen molar-refractivity contribution in [2.75, 3.05) is 13.1 Å². The van der Waals surface area contributed by atoms with Crippen LogP contribution in [-0.4, -0.2) is 33.7 Å². The first-order valence-corrected chi connectivity index (χ1v) is 7.89. The largest absolute Gasteiger partial charge is 0.336 e. The van der Waals surface area contributed by atoms with E-state index in [0.29, 0.717) is 11.6 Å². The lowest BCUT2D eigenvalue weighted by molar-refractivity contribution is 0.0771. The summed E-state index contributed by atoms with van der Waals surface area (Å²) < 4.78 is 1.79. The van der Waals surface area contributed by atoms with E-state index in [1.165, 1.54) is 5.56 Å². The number of likely N-dealkylation sites (tertiary alicyclic amines) is 1. The van der Waals surface area contributed by atoms with E-state index in [2.05, 4.69) is 43.2 Å². The van der Waals surface area contributed by atoms with Crippen LogP contribution in [0.5, 0.6) is 0 Å². The molecule has 0 aliphatic carbocycles. The van der Waals surface area contributed by atoms with E-state index in [9.17, 15) is 4.79 Å². The maximum atomic E-state index is 12.7. The Morgan fingerprint density at radius 1 is 1.27 bits per heavy atom. The van der Waals surface area contributed by atoms with E-state index in [4.69, 9.17) is 0 Å². The van der Waals surface area contributed by atoms with Crippen molar-refractivity contribution in [3.63, 3.8) is 0 Å². The van der Waals surface area contributed by atoms with Crippen LogP contribution < -0.4 is 0 Å². The van der Waals surface area contributed by atoms with Crippen LogP contribution in [-0.2, 0) is 6.54 Å². The van der Waals surface area contributed by atoms with Gasteiger partial charge in [-0.2, -0.15) is 5.10 Å². The third kappa shape index (κ3) is 2.65. The molecule has 3 rings (SSSR count). The summed E-state index contributed by atoms with van der Waals surface area (Å²) in [7, 11) is 0. The molecule has 0 unspecified atom stereocenters. The lowest BCUT2D eigenvalue weighted by Crippen LogP contribution is -2.30. The molecule has 1 saturated heterocycles. The summed E-state index contributed by atoms with van der Waals surface area (Å²) in [4.78, 5) is 14.6. The van der Waals surface area contributed by atoms with Crippen molar-refractivity contribution in [2.45, 2.75) is 33.2 Å². The molecule has 0 saturated carbocycles. The molecular formula is C18H23N3O. The van der Waals surface area contributed by atoms with Crippen molar-refractivity contribution in [3.8, 4) is 0 Å². The molecule has 1 fully saturated rings.